The summed E-state index contributed by atoms with van der Waals surface area (Å²) in [5.41, 5.74) is 4.40. The van der Waals surface area contributed by atoms with E-state index < -0.39 is 0 Å². The summed E-state index contributed by atoms with van der Waals surface area (Å²) in [6.45, 7) is 5.78. The van der Waals surface area contributed by atoms with Gasteiger partial charge in [-0.15, -0.1) is 0 Å². The number of benzene rings is 2. The Hall–Kier alpha value is -2.95. The molecule has 1 unspecified atom stereocenters. The molecular weight excluding hydrogens is 329 g/mol. The van der Waals surface area contributed by atoms with E-state index in [9.17, 15) is 9.18 Å². The van der Waals surface area contributed by atoms with Gasteiger partial charge in [0.2, 0.25) is 5.91 Å². The number of carbonyl (C=O) groups excluding carboxylic acids is 1. The van der Waals surface area contributed by atoms with Gasteiger partial charge in [-0.3, -0.25) is 4.79 Å². The predicted molar refractivity (Wildman–Crippen MR) is 101 cm³/mol. The molecule has 0 aliphatic heterocycles. The van der Waals surface area contributed by atoms with Crippen molar-refractivity contribution >= 4 is 11.6 Å². The standard InChI is InChI=1S/C21H22FN3O/c1-14(10-17-6-4-7-18(22)12-17)21(26)23-19-8-5-9-20(13-19)25-16(3)11-15(2)24-25/h4-9,11-14H,10H2,1-3H3,(H,23,26). The number of nitrogens with zero attached hydrogens (tertiary/aromatic N) is 2. The van der Waals surface area contributed by atoms with Gasteiger partial charge in [-0.1, -0.05) is 25.1 Å². The van der Waals surface area contributed by atoms with Crippen LogP contribution in [0.3, 0.4) is 0 Å². The summed E-state index contributed by atoms with van der Waals surface area (Å²) in [6, 6.07) is 15.9. The predicted octanol–water partition coefficient (Wildman–Crippen LogP) is 4.45. The van der Waals surface area contributed by atoms with Gasteiger partial charge in [-0.2, -0.15) is 5.10 Å². The third-order valence-electron chi connectivity index (χ3n) is 4.25. The average Bonchev–Trinajstić information content (AvgIpc) is 2.93. The van der Waals surface area contributed by atoms with Crippen molar-refractivity contribution in [1.82, 2.24) is 9.78 Å². The first-order chi connectivity index (χ1) is 12.4. The van der Waals surface area contributed by atoms with Crippen LogP contribution in [0.5, 0.6) is 0 Å². The molecule has 0 radical (unpaired) electrons. The van der Waals surface area contributed by atoms with Crippen LogP contribution in [0.1, 0.15) is 23.9 Å². The highest BCUT2D eigenvalue weighted by atomic mass is 19.1. The van der Waals surface area contributed by atoms with Crippen molar-refractivity contribution < 1.29 is 9.18 Å². The highest BCUT2D eigenvalue weighted by Gasteiger charge is 2.15. The van der Waals surface area contributed by atoms with Crippen LogP contribution < -0.4 is 5.32 Å². The summed E-state index contributed by atoms with van der Waals surface area (Å²) < 4.78 is 15.1. The van der Waals surface area contributed by atoms with Crippen LogP contribution in [0.15, 0.2) is 54.6 Å². The SMILES string of the molecule is Cc1cc(C)n(-c2cccc(NC(=O)C(C)Cc3cccc(F)c3)c2)n1. The maximum Gasteiger partial charge on any atom is 0.227 e. The van der Waals surface area contributed by atoms with Crippen LogP contribution in [0, 0.1) is 25.6 Å². The molecule has 0 aliphatic carbocycles. The molecule has 1 aromatic heterocycles. The van der Waals surface area contributed by atoms with Crippen molar-refractivity contribution in [2.24, 2.45) is 5.92 Å². The Morgan fingerprint density at radius 2 is 1.92 bits per heavy atom. The molecule has 0 aliphatic rings. The summed E-state index contributed by atoms with van der Waals surface area (Å²) in [5.74, 6) is -0.651. The first-order valence-electron chi connectivity index (χ1n) is 8.61. The Bertz CT molecular complexity index is 933. The van der Waals surface area contributed by atoms with E-state index in [0.717, 1.165) is 22.6 Å². The van der Waals surface area contributed by atoms with Gasteiger partial charge in [0.1, 0.15) is 5.82 Å². The second-order valence-corrected chi connectivity index (χ2v) is 6.61. The number of hydrogen-bond acceptors (Lipinski definition) is 2. The fourth-order valence-electron chi connectivity index (χ4n) is 2.98. The molecule has 3 rings (SSSR count). The van der Waals surface area contributed by atoms with Gasteiger partial charge >= 0.3 is 0 Å². The molecule has 0 saturated heterocycles. The van der Waals surface area contributed by atoms with Crippen LogP contribution in [0.2, 0.25) is 0 Å². The highest BCUT2D eigenvalue weighted by molar-refractivity contribution is 5.92. The molecule has 0 spiro atoms. The summed E-state index contributed by atoms with van der Waals surface area (Å²) in [7, 11) is 0. The van der Waals surface area contributed by atoms with Crippen molar-refractivity contribution in [3.05, 3.63) is 77.4 Å². The minimum absolute atomic E-state index is 0.0974. The number of aromatic nitrogens is 2. The number of aryl methyl sites for hydroxylation is 2. The first-order valence-corrected chi connectivity index (χ1v) is 8.61. The summed E-state index contributed by atoms with van der Waals surface area (Å²) in [6.07, 6.45) is 0.487. The van der Waals surface area contributed by atoms with Gasteiger partial charge in [0.05, 0.1) is 11.4 Å². The van der Waals surface area contributed by atoms with E-state index in [1.165, 1.54) is 12.1 Å². The smallest absolute Gasteiger partial charge is 0.227 e. The lowest BCUT2D eigenvalue weighted by molar-refractivity contribution is -0.119. The van der Waals surface area contributed by atoms with E-state index in [-0.39, 0.29) is 17.6 Å². The molecule has 2 aromatic carbocycles. The number of halogens is 1. The molecular formula is C21H22FN3O. The molecule has 5 heteroatoms. The summed E-state index contributed by atoms with van der Waals surface area (Å²) in [5, 5.41) is 7.41. The number of carbonyl (C=O) groups is 1. The first kappa shape index (κ1) is 17.9. The fraction of sp³-hybridized carbons (Fsp3) is 0.238. The van der Waals surface area contributed by atoms with Crippen LogP contribution in [0.4, 0.5) is 10.1 Å². The Morgan fingerprint density at radius 1 is 1.15 bits per heavy atom. The molecule has 26 heavy (non-hydrogen) atoms. The zero-order valence-electron chi connectivity index (χ0n) is 15.2. The number of hydrogen-bond donors (Lipinski definition) is 1. The molecule has 0 fully saturated rings. The molecule has 1 heterocycles. The summed E-state index contributed by atoms with van der Waals surface area (Å²) in [4.78, 5) is 12.5. The van der Waals surface area contributed by atoms with Crippen LogP contribution in [-0.2, 0) is 11.2 Å². The molecule has 0 saturated carbocycles. The summed E-state index contributed by atoms with van der Waals surface area (Å²) >= 11 is 0. The maximum atomic E-state index is 13.3. The van der Waals surface area contributed by atoms with Crippen molar-refractivity contribution in [1.29, 1.82) is 0 Å². The number of rotatable bonds is 5. The monoisotopic (exact) mass is 351 g/mol. The molecule has 1 atom stereocenters. The Morgan fingerprint density at radius 3 is 2.62 bits per heavy atom. The van der Waals surface area contributed by atoms with E-state index in [2.05, 4.69) is 10.4 Å². The van der Waals surface area contributed by atoms with Crippen molar-refractivity contribution in [3.8, 4) is 5.69 Å². The van der Waals surface area contributed by atoms with Gasteiger partial charge in [-0.05, 0) is 62.2 Å². The van der Waals surface area contributed by atoms with Gasteiger partial charge in [0.15, 0.2) is 0 Å². The van der Waals surface area contributed by atoms with Gasteiger partial charge in [0, 0.05) is 17.3 Å². The number of amides is 1. The normalized spacial score (nSPS) is 12.0. The molecule has 4 nitrogen and oxygen atoms in total. The number of anilines is 1. The topological polar surface area (TPSA) is 46.9 Å². The van der Waals surface area contributed by atoms with Crippen molar-refractivity contribution in [2.45, 2.75) is 27.2 Å². The van der Waals surface area contributed by atoms with Crippen LogP contribution >= 0.6 is 0 Å². The maximum absolute atomic E-state index is 13.3. The van der Waals surface area contributed by atoms with E-state index in [1.807, 2.05) is 61.9 Å². The zero-order chi connectivity index (χ0) is 18.7. The molecule has 3 aromatic rings. The van der Waals surface area contributed by atoms with Gasteiger partial charge < -0.3 is 5.32 Å². The van der Waals surface area contributed by atoms with Crippen LogP contribution in [-0.4, -0.2) is 15.7 Å². The molecule has 0 bridgehead atoms. The van der Waals surface area contributed by atoms with Gasteiger partial charge in [0.25, 0.3) is 0 Å². The van der Waals surface area contributed by atoms with E-state index in [1.54, 1.807) is 6.07 Å². The Kier molecular flexibility index (Phi) is 5.16. The fourth-order valence-corrected chi connectivity index (χ4v) is 2.98. The third kappa shape index (κ3) is 4.17. The largest absolute Gasteiger partial charge is 0.326 e. The van der Waals surface area contributed by atoms with E-state index in [4.69, 9.17) is 0 Å². The molecule has 1 amide bonds. The quantitative estimate of drug-likeness (QED) is 0.738. The second-order valence-electron chi connectivity index (χ2n) is 6.61. The van der Waals surface area contributed by atoms with Crippen LogP contribution in [0.25, 0.3) is 5.69 Å². The highest BCUT2D eigenvalue weighted by Crippen LogP contribution is 2.18. The van der Waals surface area contributed by atoms with Gasteiger partial charge in [-0.25, -0.2) is 9.07 Å². The lowest BCUT2D eigenvalue weighted by Crippen LogP contribution is -2.22. The van der Waals surface area contributed by atoms with Crippen molar-refractivity contribution in [3.63, 3.8) is 0 Å². The second kappa shape index (κ2) is 7.52. The lowest BCUT2D eigenvalue weighted by atomic mass is 10.00. The number of nitrogens with one attached hydrogen (secondary N) is 1. The molecule has 1 N–H and O–H groups in total. The zero-order valence-corrected chi connectivity index (χ0v) is 15.2. The lowest BCUT2D eigenvalue weighted by Gasteiger charge is -2.13. The minimum Gasteiger partial charge on any atom is -0.326 e. The van der Waals surface area contributed by atoms with E-state index in [0.29, 0.717) is 12.1 Å². The average molecular weight is 351 g/mol. The molecule has 134 valence electrons. The Labute approximate surface area is 152 Å². The minimum atomic E-state index is -0.285. The van der Waals surface area contributed by atoms with E-state index >= 15 is 0 Å². The van der Waals surface area contributed by atoms with Crippen molar-refractivity contribution in [2.75, 3.05) is 5.32 Å². The Balaban J connectivity index is 1.71. The third-order valence-corrected chi connectivity index (χ3v) is 4.25.